The van der Waals surface area contributed by atoms with Crippen LogP contribution in [0.5, 0.6) is 0 Å². The van der Waals surface area contributed by atoms with Crippen molar-refractivity contribution >= 4 is 29.1 Å². The number of hydrogen-bond donors (Lipinski definition) is 1. The average molecular weight is 271 g/mol. The highest BCUT2D eigenvalue weighted by atomic mass is 32.2. The molecule has 0 saturated heterocycles. The fourth-order valence-corrected chi connectivity index (χ4v) is 3.57. The van der Waals surface area contributed by atoms with E-state index in [1.807, 2.05) is 11.8 Å². The third-order valence-electron chi connectivity index (χ3n) is 2.59. The van der Waals surface area contributed by atoms with Crippen molar-refractivity contribution in [2.45, 2.75) is 50.0 Å². The summed E-state index contributed by atoms with van der Waals surface area (Å²) >= 11 is 3.44. The molecule has 1 N–H and O–H groups in total. The standard InChI is InChI=1S/C12H17NO2S2/c1-7(2)16-6-10-13-12(8-3-4-8)9(17-10)5-11(14)15/h7-8H,3-6H2,1-2H3,(H,14,15). The molecule has 1 fully saturated rings. The molecule has 0 bridgehead atoms. The number of nitrogens with zero attached hydrogens (tertiary/aromatic N) is 1. The van der Waals surface area contributed by atoms with E-state index in [1.165, 1.54) is 12.8 Å². The summed E-state index contributed by atoms with van der Waals surface area (Å²) in [7, 11) is 0. The van der Waals surface area contributed by atoms with E-state index in [0.717, 1.165) is 21.3 Å². The molecule has 1 heterocycles. The largest absolute Gasteiger partial charge is 0.481 e. The molecule has 2 rings (SSSR count). The highest BCUT2D eigenvalue weighted by molar-refractivity contribution is 7.99. The second-order valence-electron chi connectivity index (χ2n) is 4.62. The zero-order valence-electron chi connectivity index (χ0n) is 10.1. The van der Waals surface area contributed by atoms with Crippen molar-refractivity contribution in [3.63, 3.8) is 0 Å². The van der Waals surface area contributed by atoms with Gasteiger partial charge in [0.2, 0.25) is 0 Å². The predicted molar refractivity (Wildman–Crippen MR) is 71.9 cm³/mol. The van der Waals surface area contributed by atoms with E-state index in [9.17, 15) is 4.79 Å². The first-order valence-corrected chi connectivity index (χ1v) is 7.74. The van der Waals surface area contributed by atoms with Crippen LogP contribution >= 0.6 is 23.1 Å². The summed E-state index contributed by atoms with van der Waals surface area (Å²) in [4.78, 5) is 16.4. The van der Waals surface area contributed by atoms with Crippen LogP contribution in [0.2, 0.25) is 0 Å². The molecule has 0 aromatic carbocycles. The number of thioether (sulfide) groups is 1. The number of aliphatic carboxylic acids is 1. The van der Waals surface area contributed by atoms with E-state index in [0.29, 0.717) is 11.2 Å². The molecule has 1 aliphatic rings. The van der Waals surface area contributed by atoms with Gasteiger partial charge in [-0.05, 0) is 18.1 Å². The van der Waals surface area contributed by atoms with Crippen LogP contribution in [0, 0.1) is 0 Å². The summed E-state index contributed by atoms with van der Waals surface area (Å²) in [6, 6.07) is 0. The minimum atomic E-state index is -0.751. The Morgan fingerprint density at radius 2 is 2.29 bits per heavy atom. The Hall–Kier alpha value is -0.550. The van der Waals surface area contributed by atoms with Gasteiger partial charge in [-0.1, -0.05) is 13.8 Å². The highest BCUT2D eigenvalue weighted by Crippen LogP contribution is 2.43. The van der Waals surface area contributed by atoms with Crippen molar-refractivity contribution in [3.8, 4) is 0 Å². The molecule has 1 aromatic rings. The summed E-state index contributed by atoms with van der Waals surface area (Å²) in [6.07, 6.45) is 2.48. The van der Waals surface area contributed by atoms with Gasteiger partial charge in [0, 0.05) is 16.5 Å². The van der Waals surface area contributed by atoms with Gasteiger partial charge in [-0.3, -0.25) is 4.79 Å². The molecule has 3 nitrogen and oxygen atoms in total. The van der Waals surface area contributed by atoms with Gasteiger partial charge in [0.05, 0.1) is 12.1 Å². The fourth-order valence-electron chi connectivity index (χ4n) is 1.65. The summed E-state index contributed by atoms with van der Waals surface area (Å²) < 4.78 is 0. The van der Waals surface area contributed by atoms with Gasteiger partial charge in [-0.25, -0.2) is 4.98 Å². The van der Waals surface area contributed by atoms with Gasteiger partial charge >= 0.3 is 5.97 Å². The van der Waals surface area contributed by atoms with Crippen molar-refractivity contribution in [2.24, 2.45) is 0 Å². The topological polar surface area (TPSA) is 50.2 Å². The van der Waals surface area contributed by atoms with Crippen LogP contribution in [0.1, 0.15) is 48.2 Å². The van der Waals surface area contributed by atoms with Crippen molar-refractivity contribution in [3.05, 3.63) is 15.6 Å². The highest BCUT2D eigenvalue weighted by Gasteiger charge is 2.30. The number of hydrogen-bond acceptors (Lipinski definition) is 4. The molecular weight excluding hydrogens is 254 g/mol. The minimum absolute atomic E-state index is 0.135. The fraction of sp³-hybridized carbons (Fsp3) is 0.667. The lowest BCUT2D eigenvalue weighted by Gasteiger charge is -2.00. The summed E-state index contributed by atoms with van der Waals surface area (Å²) in [5.41, 5.74) is 1.07. The lowest BCUT2D eigenvalue weighted by molar-refractivity contribution is -0.136. The molecule has 0 unspecified atom stereocenters. The maximum Gasteiger partial charge on any atom is 0.308 e. The number of rotatable bonds is 6. The van der Waals surface area contributed by atoms with Crippen LogP contribution in [0.4, 0.5) is 0 Å². The van der Waals surface area contributed by atoms with Crippen molar-refractivity contribution in [2.75, 3.05) is 0 Å². The molecule has 1 aliphatic carbocycles. The Labute approximate surface area is 110 Å². The number of carbonyl (C=O) groups is 1. The molecule has 0 aliphatic heterocycles. The molecule has 0 spiro atoms. The van der Waals surface area contributed by atoms with Gasteiger partial charge in [0.15, 0.2) is 0 Å². The molecule has 0 atom stereocenters. The summed E-state index contributed by atoms with van der Waals surface area (Å²) in [5.74, 6) is 0.693. The SMILES string of the molecule is CC(C)SCc1nc(C2CC2)c(CC(=O)O)s1. The van der Waals surface area contributed by atoms with E-state index in [2.05, 4.69) is 18.8 Å². The first kappa shape index (κ1) is 12.9. The van der Waals surface area contributed by atoms with Crippen LogP contribution in [-0.4, -0.2) is 21.3 Å². The Balaban J connectivity index is 2.09. The zero-order valence-corrected chi connectivity index (χ0v) is 11.7. The van der Waals surface area contributed by atoms with Crippen molar-refractivity contribution in [1.29, 1.82) is 0 Å². The minimum Gasteiger partial charge on any atom is -0.481 e. The maximum absolute atomic E-state index is 10.8. The molecule has 0 amide bonds. The Kier molecular flexibility index (Phi) is 4.09. The molecule has 1 saturated carbocycles. The van der Waals surface area contributed by atoms with E-state index < -0.39 is 5.97 Å². The molecule has 5 heteroatoms. The predicted octanol–water partition coefficient (Wildman–Crippen LogP) is 3.29. The number of thiazole rings is 1. The number of carboxylic acid groups (broad SMARTS) is 1. The quantitative estimate of drug-likeness (QED) is 0.862. The van der Waals surface area contributed by atoms with E-state index in [-0.39, 0.29) is 6.42 Å². The Morgan fingerprint density at radius 3 is 2.82 bits per heavy atom. The van der Waals surface area contributed by atoms with Crippen molar-refractivity contribution in [1.82, 2.24) is 4.98 Å². The van der Waals surface area contributed by atoms with Crippen LogP contribution in [0.15, 0.2) is 0 Å². The van der Waals surface area contributed by atoms with Crippen LogP contribution in [0.3, 0.4) is 0 Å². The monoisotopic (exact) mass is 271 g/mol. The lowest BCUT2D eigenvalue weighted by atomic mass is 10.2. The lowest BCUT2D eigenvalue weighted by Crippen LogP contribution is -2.00. The van der Waals surface area contributed by atoms with Gasteiger partial charge < -0.3 is 5.11 Å². The normalized spacial score (nSPS) is 15.5. The first-order chi connectivity index (χ1) is 8.06. The smallest absolute Gasteiger partial charge is 0.308 e. The molecule has 17 heavy (non-hydrogen) atoms. The van der Waals surface area contributed by atoms with E-state index >= 15 is 0 Å². The molecule has 0 radical (unpaired) electrons. The Bertz CT molecular complexity index is 411. The summed E-state index contributed by atoms with van der Waals surface area (Å²) in [6.45, 7) is 4.33. The number of aromatic nitrogens is 1. The zero-order chi connectivity index (χ0) is 12.4. The van der Waals surface area contributed by atoms with E-state index in [1.54, 1.807) is 11.3 Å². The van der Waals surface area contributed by atoms with Gasteiger partial charge in [0.25, 0.3) is 0 Å². The van der Waals surface area contributed by atoms with Gasteiger partial charge in [-0.2, -0.15) is 11.8 Å². The van der Waals surface area contributed by atoms with Crippen LogP contribution in [0.25, 0.3) is 0 Å². The molecule has 1 aromatic heterocycles. The van der Waals surface area contributed by atoms with Crippen LogP contribution in [-0.2, 0) is 17.0 Å². The second kappa shape index (κ2) is 5.40. The summed E-state index contributed by atoms with van der Waals surface area (Å²) in [5, 5.41) is 10.6. The molecule has 94 valence electrons. The molecular formula is C12H17NO2S2. The second-order valence-corrected chi connectivity index (χ2v) is 7.35. The third kappa shape index (κ3) is 3.71. The number of carboxylic acids is 1. The van der Waals surface area contributed by atoms with Gasteiger partial charge in [0.1, 0.15) is 5.01 Å². The van der Waals surface area contributed by atoms with Crippen molar-refractivity contribution < 1.29 is 9.90 Å². The maximum atomic E-state index is 10.8. The van der Waals surface area contributed by atoms with Crippen LogP contribution < -0.4 is 0 Å². The van der Waals surface area contributed by atoms with E-state index in [4.69, 9.17) is 5.11 Å². The first-order valence-electron chi connectivity index (χ1n) is 5.88. The van der Waals surface area contributed by atoms with Gasteiger partial charge in [-0.15, -0.1) is 11.3 Å². The average Bonchev–Trinajstić information content (AvgIpc) is 2.98. The third-order valence-corrected chi connectivity index (χ3v) is 4.95. The Morgan fingerprint density at radius 1 is 1.59 bits per heavy atom.